The molecule has 9 nitrogen and oxygen atoms in total. The molecule has 0 aliphatic rings. The topological polar surface area (TPSA) is 120 Å². The number of nitrogen functional groups attached to an aromatic ring is 1. The van der Waals surface area contributed by atoms with E-state index in [4.69, 9.17) is 10.5 Å². The maximum Gasteiger partial charge on any atom is 0.405 e. The number of aromatic nitrogens is 4. The van der Waals surface area contributed by atoms with Crippen LogP contribution in [0.2, 0.25) is 0 Å². The fourth-order valence-electron chi connectivity index (χ4n) is 4.10. The molecule has 208 valence electrons. The number of halogens is 3. The van der Waals surface area contributed by atoms with Crippen LogP contribution in [0.15, 0.2) is 88.8 Å². The number of aliphatic imine (C=N–C) groups is 1. The first-order valence-corrected chi connectivity index (χ1v) is 12.4. The quantitative estimate of drug-likeness (QED) is 0.202. The smallest absolute Gasteiger partial charge is 0.405 e. The minimum atomic E-state index is -4.49. The minimum Gasteiger partial charge on any atom is -0.489 e. The Morgan fingerprint density at radius 3 is 2.61 bits per heavy atom. The van der Waals surface area contributed by atoms with E-state index in [0.29, 0.717) is 34.9 Å². The fraction of sp³-hybridized carbons (Fsp3) is 0.138. The maximum atomic E-state index is 14.0. The van der Waals surface area contributed by atoms with Crippen molar-refractivity contribution in [3.05, 3.63) is 100 Å². The lowest BCUT2D eigenvalue weighted by molar-refractivity contribution is -0.115. The van der Waals surface area contributed by atoms with Crippen LogP contribution in [-0.2, 0) is 6.61 Å². The Morgan fingerprint density at radius 1 is 1.05 bits per heavy atom. The molecule has 5 aromatic rings. The number of rotatable bonds is 8. The van der Waals surface area contributed by atoms with Crippen molar-refractivity contribution in [1.82, 2.24) is 19.5 Å². The van der Waals surface area contributed by atoms with Crippen molar-refractivity contribution in [2.45, 2.75) is 12.8 Å². The molecule has 0 saturated heterocycles. The largest absolute Gasteiger partial charge is 0.489 e. The molecule has 0 spiro atoms. The number of nitrogens with zero attached hydrogens (tertiary/aromatic N) is 5. The number of hydrogen-bond acceptors (Lipinski definition) is 8. The molecular weight excluding hydrogens is 535 g/mol. The van der Waals surface area contributed by atoms with E-state index < -0.39 is 18.3 Å². The van der Waals surface area contributed by atoms with Crippen LogP contribution in [0, 0.1) is 0 Å². The predicted molar refractivity (Wildman–Crippen MR) is 152 cm³/mol. The van der Waals surface area contributed by atoms with Gasteiger partial charge in [-0.2, -0.15) is 18.2 Å². The first kappa shape index (κ1) is 27.3. The molecule has 0 saturated carbocycles. The first-order chi connectivity index (χ1) is 19.7. The summed E-state index contributed by atoms with van der Waals surface area (Å²) in [5.41, 5.74) is 8.62. The molecule has 41 heavy (non-hydrogen) atoms. The Bertz CT molecular complexity index is 1790. The van der Waals surface area contributed by atoms with E-state index in [9.17, 15) is 18.0 Å². The summed E-state index contributed by atoms with van der Waals surface area (Å²) in [4.78, 5) is 30.7. The second kappa shape index (κ2) is 11.5. The van der Waals surface area contributed by atoms with E-state index in [1.807, 2.05) is 30.3 Å². The standard InChI is InChI=1S/C29H24F3N7O2/c1-34-14-20-12-19(10-11-23(20)33)25-27(40)39(26-24(37-25)15-35-28(38-26)36-17-29(30,31)32)21-8-5-9-22(13-21)41-16-18-6-3-2-4-7-18/h2-15H,16-17,33H2,1H3,(H,35,36,38). The van der Waals surface area contributed by atoms with Crippen molar-refractivity contribution >= 4 is 29.0 Å². The highest BCUT2D eigenvalue weighted by Crippen LogP contribution is 2.25. The number of nitrogens with two attached hydrogens (primary N) is 1. The minimum absolute atomic E-state index is 0.0180. The lowest BCUT2D eigenvalue weighted by atomic mass is 10.1. The summed E-state index contributed by atoms with van der Waals surface area (Å²) in [5.74, 6) is 0.172. The van der Waals surface area contributed by atoms with Crippen LogP contribution >= 0.6 is 0 Å². The first-order valence-electron chi connectivity index (χ1n) is 12.4. The molecule has 12 heteroatoms. The molecule has 0 amide bonds. The van der Waals surface area contributed by atoms with Gasteiger partial charge >= 0.3 is 6.18 Å². The van der Waals surface area contributed by atoms with Crippen molar-refractivity contribution < 1.29 is 17.9 Å². The van der Waals surface area contributed by atoms with Gasteiger partial charge in [0.25, 0.3) is 5.56 Å². The van der Waals surface area contributed by atoms with Crippen LogP contribution in [0.3, 0.4) is 0 Å². The third-order valence-corrected chi connectivity index (χ3v) is 6.00. The van der Waals surface area contributed by atoms with Gasteiger partial charge in [-0.05, 0) is 29.8 Å². The van der Waals surface area contributed by atoms with Gasteiger partial charge in [0.15, 0.2) is 5.65 Å². The molecular formula is C29H24F3N7O2. The summed E-state index contributed by atoms with van der Waals surface area (Å²) in [6.07, 6.45) is -1.66. The average Bonchev–Trinajstić information content (AvgIpc) is 2.96. The van der Waals surface area contributed by atoms with Crippen molar-refractivity contribution in [1.29, 1.82) is 0 Å². The summed E-state index contributed by atoms with van der Waals surface area (Å²) in [5, 5.41) is 2.16. The highest BCUT2D eigenvalue weighted by Gasteiger charge is 2.27. The number of fused-ring (bicyclic) bond motifs is 1. The second-order valence-corrected chi connectivity index (χ2v) is 8.97. The molecule has 0 atom stereocenters. The number of anilines is 2. The van der Waals surface area contributed by atoms with Gasteiger partial charge in [0.1, 0.15) is 30.1 Å². The number of benzene rings is 3. The molecule has 0 aliphatic heterocycles. The van der Waals surface area contributed by atoms with Gasteiger partial charge in [-0.25, -0.2) is 9.97 Å². The normalized spacial score (nSPS) is 11.7. The van der Waals surface area contributed by atoms with Gasteiger partial charge in [0.05, 0.1) is 11.9 Å². The number of nitrogens with one attached hydrogen (secondary N) is 1. The maximum absolute atomic E-state index is 14.0. The Morgan fingerprint density at radius 2 is 1.85 bits per heavy atom. The second-order valence-electron chi connectivity index (χ2n) is 8.97. The fourth-order valence-corrected chi connectivity index (χ4v) is 4.10. The Labute approximate surface area is 232 Å². The average molecular weight is 560 g/mol. The highest BCUT2D eigenvalue weighted by molar-refractivity contribution is 5.89. The zero-order valence-corrected chi connectivity index (χ0v) is 21.8. The molecule has 3 aromatic carbocycles. The van der Waals surface area contributed by atoms with Gasteiger partial charge < -0.3 is 15.8 Å². The molecule has 0 fully saturated rings. The lowest BCUT2D eigenvalue weighted by Gasteiger charge is -2.15. The van der Waals surface area contributed by atoms with Crippen LogP contribution in [0.1, 0.15) is 11.1 Å². The van der Waals surface area contributed by atoms with Crippen molar-refractivity contribution in [3.8, 4) is 22.7 Å². The van der Waals surface area contributed by atoms with Gasteiger partial charge in [-0.1, -0.05) is 42.5 Å². The van der Waals surface area contributed by atoms with E-state index in [-0.39, 0.29) is 22.8 Å². The zero-order valence-electron chi connectivity index (χ0n) is 21.8. The molecule has 2 aromatic heterocycles. The lowest BCUT2D eigenvalue weighted by Crippen LogP contribution is -2.25. The summed E-state index contributed by atoms with van der Waals surface area (Å²) < 4.78 is 45.7. The summed E-state index contributed by atoms with van der Waals surface area (Å²) in [7, 11) is 1.60. The summed E-state index contributed by atoms with van der Waals surface area (Å²) in [6.45, 7) is -1.05. The highest BCUT2D eigenvalue weighted by atomic mass is 19.4. The van der Waals surface area contributed by atoms with Crippen LogP contribution in [0.5, 0.6) is 5.75 Å². The van der Waals surface area contributed by atoms with E-state index in [1.54, 1.807) is 55.7 Å². The molecule has 5 rings (SSSR count). The van der Waals surface area contributed by atoms with Crippen LogP contribution in [-0.4, -0.2) is 45.5 Å². The van der Waals surface area contributed by atoms with Gasteiger partial charge in [-0.3, -0.25) is 14.4 Å². The van der Waals surface area contributed by atoms with E-state index in [2.05, 4.69) is 25.3 Å². The van der Waals surface area contributed by atoms with Crippen molar-refractivity contribution in [2.24, 2.45) is 4.99 Å². The number of alkyl halides is 3. The van der Waals surface area contributed by atoms with Gasteiger partial charge in [0.2, 0.25) is 5.95 Å². The SMILES string of the molecule is CN=Cc1cc(-c2nc3cnc(NCC(F)(F)F)nc3n(-c3cccc(OCc4ccccc4)c3)c2=O)ccc1N. The Kier molecular flexibility index (Phi) is 7.64. The van der Waals surface area contributed by atoms with E-state index >= 15 is 0 Å². The molecule has 2 heterocycles. The summed E-state index contributed by atoms with van der Waals surface area (Å²) in [6, 6.07) is 21.3. The van der Waals surface area contributed by atoms with Crippen LogP contribution < -0.4 is 21.3 Å². The predicted octanol–water partition coefficient (Wildman–Crippen LogP) is 5.03. The molecule has 0 unspecified atom stereocenters. The van der Waals surface area contributed by atoms with Gasteiger partial charge in [0, 0.05) is 36.1 Å². The third kappa shape index (κ3) is 6.32. The number of ether oxygens (including phenoxy) is 1. The van der Waals surface area contributed by atoms with Crippen LogP contribution in [0.4, 0.5) is 24.8 Å². The molecule has 0 bridgehead atoms. The molecule has 0 aliphatic carbocycles. The summed E-state index contributed by atoms with van der Waals surface area (Å²) >= 11 is 0. The van der Waals surface area contributed by atoms with Crippen LogP contribution in [0.25, 0.3) is 28.1 Å². The van der Waals surface area contributed by atoms with E-state index in [1.165, 1.54) is 10.8 Å². The number of hydrogen-bond donors (Lipinski definition) is 2. The monoisotopic (exact) mass is 559 g/mol. The van der Waals surface area contributed by atoms with E-state index in [0.717, 1.165) is 5.56 Å². The zero-order chi connectivity index (χ0) is 29.0. The molecule has 0 radical (unpaired) electrons. The van der Waals surface area contributed by atoms with Gasteiger partial charge in [-0.15, -0.1) is 0 Å². The van der Waals surface area contributed by atoms with Crippen molar-refractivity contribution in [3.63, 3.8) is 0 Å². The Balaban J connectivity index is 1.65. The molecule has 3 N–H and O–H groups in total. The Hall–Kier alpha value is -5.26. The van der Waals surface area contributed by atoms with Crippen molar-refractivity contribution in [2.75, 3.05) is 24.6 Å². The third-order valence-electron chi connectivity index (χ3n) is 6.00.